The van der Waals surface area contributed by atoms with Crippen LogP contribution in [0.2, 0.25) is 5.15 Å². The number of hydrogen-bond acceptors (Lipinski definition) is 3. The minimum Gasteiger partial charge on any atom is -0.244 e. The van der Waals surface area contributed by atoms with E-state index in [1.165, 1.54) is 11.3 Å². The zero-order valence-electron chi connectivity index (χ0n) is 7.07. The highest BCUT2D eigenvalue weighted by Gasteiger charge is 2.06. The zero-order chi connectivity index (χ0) is 9.97. The SMILES string of the molecule is N#Cc1ccc(-c2cccnc2Cl)s1. The number of thiophene rings is 1. The van der Waals surface area contributed by atoms with Gasteiger partial charge in [-0.25, -0.2) is 4.98 Å². The summed E-state index contributed by atoms with van der Waals surface area (Å²) in [4.78, 5) is 5.63. The molecule has 0 bridgehead atoms. The molecule has 0 aromatic carbocycles. The van der Waals surface area contributed by atoms with Crippen LogP contribution in [0.4, 0.5) is 0 Å². The topological polar surface area (TPSA) is 36.7 Å². The maximum atomic E-state index is 8.68. The first-order chi connectivity index (χ1) is 6.81. The lowest BCUT2D eigenvalue weighted by Gasteiger charge is -1.97. The minimum atomic E-state index is 0.471. The molecule has 0 N–H and O–H groups in total. The van der Waals surface area contributed by atoms with Crippen molar-refractivity contribution < 1.29 is 0 Å². The Kier molecular flexibility index (Phi) is 2.49. The molecule has 2 nitrogen and oxygen atoms in total. The van der Waals surface area contributed by atoms with E-state index in [2.05, 4.69) is 11.1 Å². The van der Waals surface area contributed by atoms with Gasteiger partial charge in [-0.15, -0.1) is 11.3 Å². The summed E-state index contributed by atoms with van der Waals surface area (Å²) < 4.78 is 0. The molecule has 0 aliphatic heterocycles. The first-order valence-corrected chi connectivity index (χ1v) is 5.11. The molecule has 0 saturated carbocycles. The van der Waals surface area contributed by atoms with Crippen molar-refractivity contribution in [2.24, 2.45) is 0 Å². The van der Waals surface area contributed by atoms with Crippen LogP contribution in [0.15, 0.2) is 30.5 Å². The Morgan fingerprint density at radius 2 is 2.21 bits per heavy atom. The van der Waals surface area contributed by atoms with Gasteiger partial charge in [-0.3, -0.25) is 0 Å². The highest BCUT2D eigenvalue weighted by molar-refractivity contribution is 7.16. The first-order valence-electron chi connectivity index (χ1n) is 3.92. The number of halogens is 1. The summed E-state index contributed by atoms with van der Waals surface area (Å²) in [5.41, 5.74) is 0.876. The Balaban J connectivity index is 2.51. The van der Waals surface area contributed by atoms with E-state index >= 15 is 0 Å². The third-order valence-corrected chi connectivity index (χ3v) is 3.07. The van der Waals surface area contributed by atoms with Gasteiger partial charge in [0.1, 0.15) is 16.1 Å². The normalized spacial score (nSPS) is 9.71. The lowest BCUT2D eigenvalue weighted by Crippen LogP contribution is -1.77. The van der Waals surface area contributed by atoms with E-state index in [4.69, 9.17) is 16.9 Å². The number of aromatic nitrogens is 1. The van der Waals surface area contributed by atoms with E-state index in [0.29, 0.717) is 10.0 Å². The largest absolute Gasteiger partial charge is 0.244 e. The van der Waals surface area contributed by atoms with E-state index in [1.54, 1.807) is 12.3 Å². The molecule has 14 heavy (non-hydrogen) atoms. The van der Waals surface area contributed by atoms with Gasteiger partial charge in [0.05, 0.1) is 0 Å². The van der Waals surface area contributed by atoms with Crippen LogP contribution in [-0.4, -0.2) is 4.98 Å². The van der Waals surface area contributed by atoms with Crippen LogP contribution in [0.5, 0.6) is 0 Å². The molecule has 0 aliphatic carbocycles. The molecular weight excluding hydrogens is 216 g/mol. The molecule has 0 unspecified atom stereocenters. The third-order valence-electron chi connectivity index (χ3n) is 1.74. The third kappa shape index (κ3) is 1.63. The summed E-state index contributed by atoms with van der Waals surface area (Å²) in [7, 11) is 0. The standard InChI is InChI=1S/C10H5ClN2S/c11-10-8(2-1-5-13-10)9-4-3-7(6-12)14-9/h1-5H. The molecule has 2 heterocycles. The highest BCUT2D eigenvalue weighted by atomic mass is 35.5. The molecule has 0 fully saturated rings. The maximum Gasteiger partial charge on any atom is 0.137 e. The number of rotatable bonds is 1. The summed E-state index contributed by atoms with van der Waals surface area (Å²) in [5.74, 6) is 0. The molecule has 0 amide bonds. The second-order valence-electron chi connectivity index (χ2n) is 2.62. The number of nitrogens with zero attached hydrogens (tertiary/aromatic N) is 2. The molecular formula is C10H5ClN2S. The molecule has 0 spiro atoms. The van der Waals surface area contributed by atoms with Crippen molar-refractivity contribution in [3.63, 3.8) is 0 Å². The van der Waals surface area contributed by atoms with Crippen molar-refractivity contribution in [1.29, 1.82) is 5.26 Å². The van der Waals surface area contributed by atoms with Crippen molar-refractivity contribution in [2.45, 2.75) is 0 Å². The molecule has 4 heteroatoms. The highest BCUT2D eigenvalue weighted by Crippen LogP contribution is 2.31. The van der Waals surface area contributed by atoms with E-state index in [0.717, 1.165) is 10.4 Å². The lowest BCUT2D eigenvalue weighted by molar-refractivity contribution is 1.33. The second-order valence-corrected chi connectivity index (χ2v) is 4.06. The summed E-state index contributed by atoms with van der Waals surface area (Å²) in [6, 6.07) is 9.47. The maximum absolute atomic E-state index is 8.68. The molecule has 2 rings (SSSR count). The van der Waals surface area contributed by atoms with Crippen molar-refractivity contribution in [2.75, 3.05) is 0 Å². The Morgan fingerprint density at radius 1 is 1.36 bits per heavy atom. The van der Waals surface area contributed by atoms with Crippen molar-refractivity contribution >= 4 is 22.9 Å². The minimum absolute atomic E-state index is 0.471. The molecule has 68 valence electrons. The Hall–Kier alpha value is -1.37. The van der Waals surface area contributed by atoms with Crippen LogP contribution >= 0.6 is 22.9 Å². The van der Waals surface area contributed by atoms with E-state index in [1.807, 2.05) is 18.2 Å². The summed E-state index contributed by atoms with van der Waals surface area (Å²) in [5, 5.41) is 9.15. The fourth-order valence-electron chi connectivity index (χ4n) is 1.11. The quantitative estimate of drug-likeness (QED) is 0.692. The summed E-state index contributed by atoms with van der Waals surface area (Å²) in [6.07, 6.45) is 1.64. The molecule has 0 saturated heterocycles. The Bertz CT molecular complexity index is 499. The van der Waals surface area contributed by atoms with E-state index in [-0.39, 0.29) is 0 Å². The van der Waals surface area contributed by atoms with Crippen LogP contribution < -0.4 is 0 Å². The van der Waals surface area contributed by atoms with Gasteiger partial charge >= 0.3 is 0 Å². The van der Waals surface area contributed by atoms with Crippen LogP contribution in [0.3, 0.4) is 0 Å². The van der Waals surface area contributed by atoms with Gasteiger partial charge in [0, 0.05) is 16.6 Å². The molecule has 2 aromatic heterocycles. The average Bonchev–Trinajstić information content (AvgIpc) is 2.67. The number of nitriles is 1. The van der Waals surface area contributed by atoms with Crippen LogP contribution in [0.1, 0.15) is 4.88 Å². The predicted molar refractivity (Wildman–Crippen MR) is 57.3 cm³/mol. The van der Waals surface area contributed by atoms with Gasteiger partial charge in [0.2, 0.25) is 0 Å². The summed E-state index contributed by atoms with van der Waals surface area (Å²) in [6.45, 7) is 0. The van der Waals surface area contributed by atoms with Crippen molar-refractivity contribution in [3.05, 3.63) is 40.5 Å². The fourth-order valence-corrected chi connectivity index (χ4v) is 2.22. The van der Waals surface area contributed by atoms with Gasteiger partial charge in [0.25, 0.3) is 0 Å². The monoisotopic (exact) mass is 220 g/mol. The van der Waals surface area contributed by atoms with E-state index in [9.17, 15) is 0 Å². The van der Waals surface area contributed by atoms with Crippen LogP contribution in [-0.2, 0) is 0 Å². The fraction of sp³-hybridized carbons (Fsp3) is 0. The first kappa shape index (κ1) is 9.20. The molecule has 2 aromatic rings. The van der Waals surface area contributed by atoms with Crippen LogP contribution in [0, 0.1) is 11.3 Å². The van der Waals surface area contributed by atoms with Gasteiger partial charge in [-0.05, 0) is 24.3 Å². The van der Waals surface area contributed by atoms with Crippen molar-refractivity contribution in [1.82, 2.24) is 4.98 Å². The lowest BCUT2D eigenvalue weighted by atomic mass is 10.2. The molecule has 0 atom stereocenters. The average molecular weight is 221 g/mol. The smallest absolute Gasteiger partial charge is 0.137 e. The predicted octanol–water partition coefficient (Wildman–Crippen LogP) is 3.34. The summed E-state index contributed by atoms with van der Waals surface area (Å²) >= 11 is 7.34. The van der Waals surface area contributed by atoms with E-state index < -0.39 is 0 Å². The van der Waals surface area contributed by atoms with Gasteiger partial charge < -0.3 is 0 Å². The Morgan fingerprint density at radius 3 is 2.86 bits per heavy atom. The zero-order valence-corrected chi connectivity index (χ0v) is 8.64. The van der Waals surface area contributed by atoms with Crippen molar-refractivity contribution in [3.8, 4) is 16.5 Å². The van der Waals surface area contributed by atoms with Gasteiger partial charge in [0.15, 0.2) is 0 Å². The van der Waals surface area contributed by atoms with Gasteiger partial charge in [-0.1, -0.05) is 11.6 Å². The molecule has 0 radical (unpaired) electrons. The molecule has 0 aliphatic rings. The van der Waals surface area contributed by atoms with Gasteiger partial charge in [-0.2, -0.15) is 5.26 Å². The second kappa shape index (κ2) is 3.79. The number of pyridine rings is 1. The van der Waals surface area contributed by atoms with Crippen LogP contribution in [0.25, 0.3) is 10.4 Å². The Labute approximate surface area is 90.4 Å². The number of hydrogen-bond donors (Lipinski definition) is 0.